The van der Waals surface area contributed by atoms with Gasteiger partial charge in [0.1, 0.15) is 11.6 Å². The quantitative estimate of drug-likeness (QED) is 0.294. The zero-order chi connectivity index (χ0) is 24.9. The number of nitrogens with one attached hydrogen (secondary N) is 1. The van der Waals surface area contributed by atoms with Crippen molar-refractivity contribution in [2.24, 2.45) is 0 Å². The highest BCUT2D eigenvalue weighted by Crippen LogP contribution is 2.23. The van der Waals surface area contributed by atoms with E-state index in [-0.39, 0.29) is 23.9 Å². The second-order valence-corrected chi connectivity index (χ2v) is 9.17. The Morgan fingerprint density at radius 3 is 2.71 bits per heavy atom. The molecule has 0 saturated carbocycles. The van der Waals surface area contributed by atoms with Crippen molar-refractivity contribution in [2.45, 2.75) is 24.4 Å². The molecule has 180 valence electrons. The van der Waals surface area contributed by atoms with Crippen LogP contribution in [0.1, 0.15) is 35.3 Å². The van der Waals surface area contributed by atoms with Crippen LogP contribution in [-0.4, -0.2) is 49.0 Å². The van der Waals surface area contributed by atoms with E-state index in [2.05, 4.69) is 25.1 Å². The Kier molecular flexibility index (Phi) is 7.37. The van der Waals surface area contributed by atoms with Gasteiger partial charge < -0.3 is 14.6 Å². The van der Waals surface area contributed by atoms with Crippen LogP contribution in [-0.2, 0) is 20.7 Å². The summed E-state index contributed by atoms with van der Waals surface area (Å²) in [5.74, 6) is -1.07. The number of benzene rings is 1. The number of carbonyl (C=O) groups excluding carboxylic acids is 2. The molecule has 1 amide bonds. The van der Waals surface area contributed by atoms with Crippen molar-refractivity contribution in [1.29, 1.82) is 0 Å². The van der Waals surface area contributed by atoms with Crippen LogP contribution in [0, 0.1) is 5.82 Å². The number of aromatic nitrogens is 4. The first-order valence-electron chi connectivity index (χ1n) is 10.7. The average molecular weight is 496 g/mol. The van der Waals surface area contributed by atoms with E-state index >= 15 is 0 Å². The predicted molar refractivity (Wildman–Crippen MR) is 127 cm³/mol. The van der Waals surface area contributed by atoms with Gasteiger partial charge in [0.15, 0.2) is 0 Å². The Morgan fingerprint density at radius 2 is 1.97 bits per heavy atom. The molecule has 1 N–H and O–H groups in total. The monoisotopic (exact) mass is 495 g/mol. The number of nitrogens with zero attached hydrogens (tertiary/aromatic N) is 4. The number of halogens is 1. The minimum absolute atomic E-state index is 0.0178. The first kappa shape index (κ1) is 24.3. The molecule has 3 aromatic heterocycles. The number of fused-ring (bicyclic) bond motifs is 1. The van der Waals surface area contributed by atoms with E-state index < -0.39 is 23.2 Å². The maximum absolute atomic E-state index is 13.3. The summed E-state index contributed by atoms with van der Waals surface area (Å²) in [6, 6.07) is 8.78. The van der Waals surface area contributed by atoms with Gasteiger partial charge in [-0.25, -0.2) is 14.1 Å². The molecule has 0 aliphatic heterocycles. The van der Waals surface area contributed by atoms with Crippen LogP contribution < -0.4 is 5.32 Å². The lowest BCUT2D eigenvalue weighted by Crippen LogP contribution is -2.27. The highest BCUT2D eigenvalue weighted by atomic mass is 32.2. The van der Waals surface area contributed by atoms with E-state index in [1.807, 2.05) is 0 Å². The molecule has 2 atom stereocenters. The first-order valence-corrected chi connectivity index (χ1v) is 12.0. The van der Waals surface area contributed by atoms with Crippen molar-refractivity contribution in [1.82, 2.24) is 25.1 Å². The first-order chi connectivity index (χ1) is 16.9. The van der Waals surface area contributed by atoms with Gasteiger partial charge in [0.2, 0.25) is 5.03 Å². The number of rotatable bonds is 8. The summed E-state index contributed by atoms with van der Waals surface area (Å²) < 4.78 is 31.9. The molecule has 35 heavy (non-hydrogen) atoms. The molecule has 0 radical (unpaired) electrons. The number of methoxy groups -OCH3 is 1. The molecule has 1 aromatic carbocycles. The number of ether oxygens (including phenoxy) is 1. The van der Waals surface area contributed by atoms with Gasteiger partial charge in [-0.15, -0.1) is 0 Å². The summed E-state index contributed by atoms with van der Waals surface area (Å²) in [7, 11) is 1.28. The molecule has 11 heteroatoms. The van der Waals surface area contributed by atoms with Crippen LogP contribution in [0.25, 0.3) is 16.6 Å². The van der Waals surface area contributed by atoms with Crippen LogP contribution in [0.2, 0.25) is 0 Å². The summed E-state index contributed by atoms with van der Waals surface area (Å²) in [6.45, 7) is 1.80. The summed E-state index contributed by atoms with van der Waals surface area (Å²) in [5, 5.41) is 8.17. The Labute approximate surface area is 203 Å². The molecule has 4 aromatic rings. The molecule has 1 unspecified atom stereocenters. The van der Waals surface area contributed by atoms with Gasteiger partial charge in [-0.05, 0) is 42.8 Å². The van der Waals surface area contributed by atoms with Crippen molar-refractivity contribution in [2.75, 3.05) is 12.9 Å². The Bertz CT molecular complexity index is 1360. The third kappa shape index (κ3) is 5.47. The Balaban J connectivity index is 1.51. The van der Waals surface area contributed by atoms with E-state index in [4.69, 9.17) is 0 Å². The molecule has 4 rings (SSSR count). The van der Waals surface area contributed by atoms with Crippen LogP contribution in [0.5, 0.6) is 0 Å². The molecule has 9 nitrogen and oxygen atoms in total. The fourth-order valence-electron chi connectivity index (χ4n) is 3.47. The van der Waals surface area contributed by atoms with Gasteiger partial charge >= 0.3 is 5.97 Å². The van der Waals surface area contributed by atoms with Gasteiger partial charge in [-0.3, -0.25) is 14.6 Å². The van der Waals surface area contributed by atoms with E-state index in [0.717, 1.165) is 0 Å². The van der Waals surface area contributed by atoms with E-state index in [0.29, 0.717) is 32.7 Å². The topological polar surface area (TPSA) is 122 Å². The van der Waals surface area contributed by atoms with Crippen molar-refractivity contribution >= 4 is 34.0 Å². The van der Waals surface area contributed by atoms with E-state index in [1.54, 1.807) is 48.3 Å². The maximum atomic E-state index is 13.3. The number of carbonyl (C=O) groups is 2. The van der Waals surface area contributed by atoms with E-state index in [1.165, 1.54) is 31.6 Å². The maximum Gasteiger partial charge on any atom is 0.310 e. The fraction of sp³-hybridized carbons (Fsp3) is 0.208. The highest BCUT2D eigenvalue weighted by molar-refractivity contribution is 7.91. The van der Waals surface area contributed by atoms with Gasteiger partial charge in [0.25, 0.3) is 5.91 Å². The molecule has 0 aliphatic carbocycles. The average Bonchev–Trinajstić information content (AvgIpc) is 3.31. The lowest BCUT2D eigenvalue weighted by atomic mass is 10.1. The number of pyridine rings is 2. The lowest BCUT2D eigenvalue weighted by molar-refractivity contribution is -0.140. The minimum Gasteiger partial charge on any atom is -0.610 e. The van der Waals surface area contributed by atoms with Crippen molar-refractivity contribution < 1.29 is 23.3 Å². The molecule has 0 spiro atoms. The molecule has 0 saturated heterocycles. The summed E-state index contributed by atoms with van der Waals surface area (Å²) in [6.07, 6.45) is 6.14. The molecule has 0 aliphatic rings. The molecular weight excluding hydrogens is 473 g/mol. The van der Waals surface area contributed by atoms with Crippen molar-refractivity contribution in [3.8, 4) is 5.69 Å². The number of hydrogen-bond donors (Lipinski definition) is 1. The second-order valence-electron chi connectivity index (χ2n) is 7.65. The lowest BCUT2D eigenvalue weighted by Gasteiger charge is -2.16. The molecular formula is C24H22FN5O4S. The van der Waals surface area contributed by atoms with Gasteiger partial charge in [-0.2, -0.15) is 5.10 Å². The highest BCUT2D eigenvalue weighted by Gasteiger charge is 2.20. The molecule has 0 bridgehead atoms. The Morgan fingerprint density at radius 1 is 1.20 bits per heavy atom. The predicted octanol–water partition coefficient (Wildman–Crippen LogP) is 3.12. The zero-order valence-corrected chi connectivity index (χ0v) is 19.8. The van der Waals surface area contributed by atoms with Gasteiger partial charge in [0.05, 0.1) is 48.7 Å². The van der Waals surface area contributed by atoms with Gasteiger partial charge in [-0.1, -0.05) is 0 Å². The van der Waals surface area contributed by atoms with E-state index in [9.17, 15) is 18.5 Å². The smallest absolute Gasteiger partial charge is 0.310 e. The largest absolute Gasteiger partial charge is 0.610 e. The number of esters is 1. The van der Waals surface area contributed by atoms with Crippen LogP contribution in [0.15, 0.2) is 66.2 Å². The fourth-order valence-corrected chi connectivity index (χ4v) is 4.48. The van der Waals surface area contributed by atoms with Crippen LogP contribution in [0.3, 0.4) is 0 Å². The standard InChI is InChI=1S/C24H22FN5O4S/c1-15(16-7-9-27-22(11-16)35(33)10-8-23(31)34-2)29-24(32)20-12-26-14-21-19(20)13-28-30(21)18-5-3-17(25)4-6-18/h3-7,9,11-15H,8,10H2,1-2H3,(H,29,32)/t15-,35?/m0/s1. The number of amides is 1. The second kappa shape index (κ2) is 10.6. The van der Waals surface area contributed by atoms with Crippen molar-refractivity contribution in [3.63, 3.8) is 0 Å². The van der Waals surface area contributed by atoms with Gasteiger partial charge in [0, 0.05) is 35.0 Å². The summed E-state index contributed by atoms with van der Waals surface area (Å²) >= 11 is -1.49. The third-order valence-corrected chi connectivity index (χ3v) is 6.64. The third-order valence-electron chi connectivity index (χ3n) is 5.37. The zero-order valence-electron chi connectivity index (χ0n) is 19.0. The van der Waals surface area contributed by atoms with Crippen molar-refractivity contribution in [3.05, 3.63) is 78.1 Å². The summed E-state index contributed by atoms with van der Waals surface area (Å²) in [5.41, 5.74) is 2.28. The normalized spacial score (nSPS) is 12.8. The SMILES string of the molecule is COC(=O)CC[S+]([O-])c1cc([C@H](C)NC(=O)c2cncc3c2cnn3-c2ccc(F)cc2)ccn1. The van der Waals surface area contributed by atoms with Crippen LogP contribution >= 0.6 is 0 Å². The molecule has 3 heterocycles. The number of hydrogen-bond acceptors (Lipinski definition) is 7. The summed E-state index contributed by atoms with van der Waals surface area (Å²) in [4.78, 5) is 32.7. The van der Waals surface area contributed by atoms with Crippen LogP contribution in [0.4, 0.5) is 4.39 Å². The minimum atomic E-state index is -1.49. The Hall–Kier alpha value is -3.83. The molecule has 0 fully saturated rings.